The van der Waals surface area contributed by atoms with E-state index in [0.29, 0.717) is 13.2 Å². The Morgan fingerprint density at radius 1 is 1.27 bits per heavy atom. The van der Waals surface area contributed by atoms with E-state index in [9.17, 15) is 0 Å². The van der Waals surface area contributed by atoms with Gasteiger partial charge in [0.25, 0.3) is 0 Å². The molecule has 0 aliphatic carbocycles. The molecule has 0 fully saturated rings. The van der Waals surface area contributed by atoms with Gasteiger partial charge in [0.2, 0.25) is 0 Å². The molecule has 11 heavy (non-hydrogen) atoms. The van der Waals surface area contributed by atoms with Gasteiger partial charge in [-0.05, 0) is 13.3 Å². The molecule has 0 bridgehead atoms. The molecule has 1 unspecified atom stereocenters. The summed E-state index contributed by atoms with van der Waals surface area (Å²) in [6, 6.07) is 0. The van der Waals surface area contributed by atoms with E-state index in [1.165, 1.54) is 0 Å². The maximum Gasteiger partial charge on any atom is 0.195 e. The number of hydrogen-bond acceptors (Lipinski definition) is 1. The van der Waals surface area contributed by atoms with Crippen molar-refractivity contribution in [1.82, 2.24) is 0 Å². The standard InChI is InChI=1S/C7H13Cl3O/c1-3-6(5-11-4-2)7(8,9)10/h6H,3-5H2,1-2H3. The average Bonchev–Trinajstić information content (AvgIpc) is 1.87. The van der Waals surface area contributed by atoms with Crippen LogP contribution < -0.4 is 0 Å². The van der Waals surface area contributed by atoms with Gasteiger partial charge in [-0.3, -0.25) is 0 Å². The lowest BCUT2D eigenvalue weighted by Gasteiger charge is -2.22. The van der Waals surface area contributed by atoms with Crippen LogP contribution in [-0.2, 0) is 4.74 Å². The topological polar surface area (TPSA) is 9.23 Å². The third kappa shape index (κ3) is 5.13. The van der Waals surface area contributed by atoms with Crippen LogP contribution in [0.15, 0.2) is 0 Å². The van der Waals surface area contributed by atoms with Gasteiger partial charge in [-0.2, -0.15) is 0 Å². The Balaban J connectivity index is 3.76. The van der Waals surface area contributed by atoms with Gasteiger partial charge in [0.1, 0.15) is 0 Å². The van der Waals surface area contributed by atoms with E-state index in [1.54, 1.807) is 0 Å². The molecule has 0 saturated heterocycles. The van der Waals surface area contributed by atoms with Crippen LogP contribution in [0.25, 0.3) is 0 Å². The van der Waals surface area contributed by atoms with Crippen LogP contribution in [0.3, 0.4) is 0 Å². The molecule has 0 rings (SSSR count). The van der Waals surface area contributed by atoms with Gasteiger partial charge in [-0.1, -0.05) is 41.7 Å². The molecule has 1 nitrogen and oxygen atoms in total. The highest BCUT2D eigenvalue weighted by molar-refractivity contribution is 6.67. The van der Waals surface area contributed by atoms with Gasteiger partial charge in [-0.15, -0.1) is 0 Å². The molecule has 0 aromatic heterocycles. The average molecular weight is 220 g/mol. The summed E-state index contributed by atoms with van der Waals surface area (Å²) in [5.74, 6) is -0.00699. The number of rotatable bonds is 4. The van der Waals surface area contributed by atoms with E-state index in [0.717, 1.165) is 6.42 Å². The van der Waals surface area contributed by atoms with Crippen LogP contribution >= 0.6 is 34.8 Å². The monoisotopic (exact) mass is 218 g/mol. The van der Waals surface area contributed by atoms with Crippen LogP contribution in [0.2, 0.25) is 0 Å². The summed E-state index contributed by atoms with van der Waals surface area (Å²) in [5.41, 5.74) is 0. The molecule has 0 aromatic carbocycles. The maximum absolute atomic E-state index is 5.69. The lowest BCUT2D eigenvalue weighted by molar-refractivity contribution is 0.110. The third-order valence-electron chi connectivity index (χ3n) is 1.48. The first-order chi connectivity index (χ1) is 5.02. The van der Waals surface area contributed by atoms with Gasteiger partial charge >= 0.3 is 0 Å². The van der Waals surface area contributed by atoms with Gasteiger partial charge in [0, 0.05) is 12.5 Å². The smallest absolute Gasteiger partial charge is 0.195 e. The van der Waals surface area contributed by atoms with E-state index in [-0.39, 0.29) is 5.92 Å². The molecule has 0 radical (unpaired) electrons. The third-order valence-corrected chi connectivity index (χ3v) is 2.40. The Kier molecular flexibility index (Phi) is 5.88. The molecule has 1 atom stereocenters. The van der Waals surface area contributed by atoms with Crippen molar-refractivity contribution in [2.24, 2.45) is 5.92 Å². The molecule has 0 aliphatic rings. The Morgan fingerprint density at radius 3 is 2.09 bits per heavy atom. The molecule has 68 valence electrons. The van der Waals surface area contributed by atoms with Gasteiger partial charge in [0.05, 0.1) is 6.61 Å². The Labute approximate surface area is 83.0 Å². The fraction of sp³-hybridized carbons (Fsp3) is 1.00. The van der Waals surface area contributed by atoms with Crippen molar-refractivity contribution in [3.63, 3.8) is 0 Å². The summed E-state index contributed by atoms with van der Waals surface area (Å²) in [7, 11) is 0. The number of hydrogen-bond donors (Lipinski definition) is 0. The number of halogens is 3. The predicted molar refractivity (Wildman–Crippen MR) is 50.6 cm³/mol. The summed E-state index contributed by atoms with van der Waals surface area (Å²) in [4.78, 5) is 0. The molecule has 0 heterocycles. The zero-order valence-corrected chi connectivity index (χ0v) is 9.01. The van der Waals surface area contributed by atoms with Crippen LogP contribution in [0.1, 0.15) is 20.3 Å². The first kappa shape index (κ1) is 11.8. The van der Waals surface area contributed by atoms with Crippen LogP contribution in [-0.4, -0.2) is 17.0 Å². The Bertz CT molecular complexity index is 100. The Morgan fingerprint density at radius 2 is 1.82 bits per heavy atom. The van der Waals surface area contributed by atoms with Gasteiger partial charge in [-0.25, -0.2) is 0 Å². The maximum atomic E-state index is 5.69. The lowest BCUT2D eigenvalue weighted by atomic mass is 10.1. The van der Waals surface area contributed by atoms with E-state index in [2.05, 4.69) is 0 Å². The zero-order chi connectivity index (χ0) is 8.91. The second kappa shape index (κ2) is 5.47. The first-order valence-corrected chi connectivity index (χ1v) is 4.80. The van der Waals surface area contributed by atoms with E-state index < -0.39 is 3.79 Å². The molecule has 0 saturated carbocycles. The lowest BCUT2D eigenvalue weighted by Crippen LogP contribution is -2.23. The molecule has 0 spiro atoms. The number of ether oxygens (including phenoxy) is 1. The zero-order valence-electron chi connectivity index (χ0n) is 6.74. The molecular weight excluding hydrogens is 206 g/mol. The van der Waals surface area contributed by atoms with E-state index >= 15 is 0 Å². The highest BCUT2D eigenvalue weighted by atomic mass is 35.6. The predicted octanol–water partition coefficient (Wildman–Crippen LogP) is 3.42. The van der Waals surface area contributed by atoms with Crippen molar-refractivity contribution in [3.8, 4) is 0 Å². The summed E-state index contributed by atoms with van der Waals surface area (Å²) in [6.45, 7) is 5.08. The molecule has 0 aromatic rings. The summed E-state index contributed by atoms with van der Waals surface area (Å²) in [6.07, 6.45) is 0.816. The molecule has 0 N–H and O–H groups in total. The van der Waals surface area contributed by atoms with Gasteiger partial charge < -0.3 is 4.74 Å². The highest BCUT2D eigenvalue weighted by Gasteiger charge is 2.30. The molecule has 0 amide bonds. The SMILES string of the molecule is CCOCC(CC)C(Cl)(Cl)Cl. The van der Waals surface area contributed by atoms with E-state index in [1.807, 2.05) is 13.8 Å². The fourth-order valence-electron chi connectivity index (χ4n) is 0.704. The first-order valence-electron chi connectivity index (χ1n) is 3.66. The summed E-state index contributed by atoms with van der Waals surface area (Å²) in [5, 5.41) is 0. The molecule has 4 heteroatoms. The highest BCUT2D eigenvalue weighted by Crippen LogP contribution is 2.36. The Hall–Kier alpha value is 0.830. The minimum Gasteiger partial charge on any atom is -0.381 e. The number of alkyl halides is 3. The van der Waals surface area contributed by atoms with Gasteiger partial charge in [0.15, 0.2) is 3.79 Å². The van der Waals surface area contributed by atoms with Crippen molar-refractivity contribution in [3.05, 3.63) is 0 Å². The molecule has 0 aliphatic heterocycles. The van der Waals surface area contributed by atoms with Crippen molar-refractivity contribution in [2.75, 3.05) is 13.2 Å². The quantitative estimate of drug-likeness (QED) is 0.659. The van der Waals surface area contributed by atoms with Crippen LogP contribution in [0, 0.1) is 5.92 Å². The van der Waals surface area contributed by atoms with E-state index in [4.69, 9.17) is 39.5 Å². The fourth-order valence-corrected chi connectivity index (χ4v) is 1.36. The van der Waals surface area contributed by atoms with Crippen LogP contribution in [0.5, 0.6) is 0 Å². The van der Waals surface area contributed by atoms with Crippen molar-refractivity contribution < 1.29 is 4.74 Å². The largest absolute Gasteiger partial charge is 0.381 e. The van der Waals surface area contributed by atoms with Crippen molar-refractivity contribution in [2.45, 2.75) is 24.1 Å². The summed E-state index contributed by atoms with van der Waals surface area (Å²) < 4.78 is 3.97. The second-order valence-electron chi connectivity index (χ2n) is 2.31. The second-order valence-corrected chi connectivity index (χ2v) is 4.68. The van der Waals surface area contributed by atoms with Crippen molar-refractivity contribution >= 4 is 34.8 Å². The molecular formula is C7H13Cl3O. The summed E-state index contributed by atoms with van der Waals surface area (Å²) >= 11 is 17.1. The minimum atomic E-state index is -1.19. The minimum absolute atomic E-state index is 0.00699. The van der Waals surface area contributed by atoms with Crippen molar-refractivity contribution in [1.29, 1.82) is 0 Å². The van der Waals surface area contributed by atoms with Crippen LogP contribution in [0.4, 0.5) is 0 Å². The normalized spacial score (nSPS) is 15.0.